The first-order valence-corrected chi connectivity index (χ1v) is 14.3. The van der Waals surface area contributed by atoms with Crippen LogP contribution < -0.4 is 0 Å². The van der Waals surface area contributed by atoms with Crippen LogP contribution in [0.5, 0.6) is 0 Å². The lowest BCUT2D eigenvalue weighted by Gasteiger charge is -2.02. The summed E-state index contributed by atoms with van der Waals surface area (Å²) in [4.78, 5) is 4.68. The van der Waals surface area contributed by atoms with Crippen LogP contribution >= 0.6 is 0 Å². The third-order valence-electron chi connectivity index (χ3n) is 8.46. The minimum atomic E-state index is 0.584. The maximum Gasteiger partial charge on any atom is 0.227 e. The molecule has 3 aromatic heterocycles. The lowest BCUT2D eigenvalue weighted by molar-refractivity contribution is 0.603. The predicted molar refractivity (Wildman–Crippen MR) is 179 cm³/mol. The van der Waals surface area contributed by atoms with E-state index < -0.39 is 0 Å². The Morgan fingerprint density at radius 2 is 1.30 bits per heavy atom. The molecule has 0 aliphatic carbocycles. The molecule has 6 aromatic carbocycles. The summed E-state index contributed by atoms with van der Waals surface area (Å²) in [7, 11) is 0. The number of rotatable bonds is 4. The van der Waals surface area contributed by atoms with Crippen LogP contribution in [0.4, 0.5) is 0 Å². The lowest BCUT2D eigenvalue weighted by atomic mass is 10.00. The Morgan fingerprint density at radius 1 is 0.628 bits per heavy atom. The molecule has 4 heteroatoms. The van der Waals surface area contributed by atoms with Gasteiger partial charge in [-0.3, -0.25) is 0 Å². The highest BCUT2D eigenvalue weighted by atomic mass is 16.3. The van der Waals surface area contributed by atoms with Crippen molar-refractivity contribution in [3.05, 3.63) is 133 Å². The largest absolute Gasteiger partial charge is 0.456 e. The Hall–Kier alpha value is -5.87. The van der Waals surface area contributed by atoms with Gasteiger partial charge in [-0.1, -0.05) is 85.5 Å². The fraction of sp³-hybridized carbons (Fsp3) is 0. The van der Waals surface area contributed by atoms with Gasteiger partial charge in [0.1, 0.15) is 16.9 Å². The Labute approximate surface area is 246 Å². The number of hydrogen-bond acceptors (Lipinski definition) is 3. The fourth-order valence-electron chi connectivity index (χ4n) is 6.48. The van der Waals surface area contributed by atoms with E-state index in [1.54, 1.807) is 0 Å². The molecule has 0 saturated carbocycles. The topological polar surface area (TPSA) is 44.1 Å². The average Bonchev–Trinajstić information content (AvgIpc) is 3.74. The zero-order valence-corrected chi connectivity index (χ0v) is 23.1. The van der Waals surface area contributed by atoms with Crippen LogP contribution in [0.2, 0.25) is 0 Å². The second kappa shape index (κ2) is 9.07. The Bertz CT molecular complexity index is 2470. The van der Waals surface area contributed by atoms with E-state index in [0.29, 0.717) is 5.89 Å². The van der Waals surface area contributed by atoms with Crippen molar-refractivity contribution in [1.82, 2.24) is 9.55 Å². The summed E-state index contributed by atoms with van der Waals surface area (Å²) >= 11 is 0. The second-order valence-corrected chi connectivity index (χ2v) is 10.8. The molecule has 0 spiro atoms. The van der Waals surface area contributed by atoms with Crippen LogP contribution in [-0.4, -0.2) is 9.55 Å². The molecule has 0 fully saturated rings. The first kappa shape index (κ1) is 23.8. The van der Waals surface area contributed by atoms with Gasteiger partial charge < -0.3 is 13.4 Å². The summed E-state index contributed by atoms with van der Waals surface area (Å²) in [6.07, 6.45) is 6.01. The minimum absolute atomic E-state index is 0.584. The van der Waals surface area contributed by atoms with E-state index in [1.807, 2.05) is 48.6 Å². The maximum absolute atomic E-state index is 6.38. The van der Waals surface area contributed by atoms with Gasteiger partial charge in [0.15, 0.2) is 5.58 Å². The minimum Gasteiger partial charge on any atom is -0.456 e. The molecule has 43 heavy (non-hydrogen) atoms. The highest BCUT2D eigenvalue weighted by Crippen LogP contribution is 2.40. The van der Waals surface area contributed by atoms with Crippen LogP contribution in [0, 0.1) is 0 Å². The molecule has 0 atom stereocenters. The van der Waals surface area contributed by atoms with Crippen molar-refractivity contribution in [2.75, 3.05) is 0 Å². The van der Waals surface area contributed by atoms with Crippen molar-refractivity contribution in [2.24, 2.45) is 0 Å². The second-order valence-electron chi connectivity index (χ2n) is 10.8. The van der Waals surface area contributed by atoms with E-state index in [9.17, 15) is 0 Å². The molecular weight excluding hydrogens is 528 g/mol. The molecular formula is C39H24N2O2. The number of fused-ring (bicyclic) bond motifs is 9. The first-order valence-electron chi connectivity index (χ1n) is 14.3. The SMILES string of the molecule is C=Cc1c(/C=C/n2c3ccc4ccccc4c3c3c4ccccc4ccc32)oc2ccc(-c3nc4ccccc4o3)cc12. The number of para-hydroxylation sites is 2. The van der Waals surface area contributed by atoms with Gasteiger partial charge in [0.05, 0.1) is 11.0 Å². The average molecular weight is 553 g/mol. The monoisotopic (exact) mass is 552 g/mol. The highest BCUT2D eigenvalue weighted by molar-refractivity contribution is 6.28. The molecule has 4 nitrogen and oxygen atoms in total. The van der Waals surface area contributed by atoms with Gasteiger partial charge in [-0.05, 0) is 70.1 Å². The summed E-state index contributed by atoms with van der Waals surface area (Å²) in [6, 6.07) is 39.9. The van der Waals surface area contributed by atoms with Crippen molar-refractivity contribution < 1.29 is 8.83 Å². The molecule has 0 bridgehead atoms. The van der Waals surface area contributed by atoms with Crippen LogP contribution in [0.25, 0.3) is 95.2 Å². The van der Waals surface area contributed by atoms with Crippen molar-refractivity contribution in [2.45, 2.75) is 0 Å². The zero-order chi connectivity index (χ0) is 28.5. The van der Waals surface area contributed by atoms with E-state index in [-0.39, 0.29) is 0 Å². The molecule has 0 aliphatic rings. The molecule has 0 amide bonds. The third kappa shape index (κ3) is 3.53. The lowest BCUT2D eigenvalue weighted by Crippen LogP contribution is -1.86. The molecule has 9 rings (SSSR count). The maximum atomic E-state index is 6.38. The van der Waals surface area contributed by atoms with Crippen LogP contribution in [0.3, 0.4) is 0 Å². The third-order valence-corrected chi connectivity index (χ3v) is 8.46. The number of nitrogens with zero attached hydrogens (tertiary/aromatic N) is 2. The van der Waals surface area contributed by atoms with Gasteiger partial charge in [-0.2, -0.15) is 0 Å². The van der Waals surface area contributed by atoms with E-state index in [1.165, 1.54) is 32.3 Å². The number of hydrogen-bond donors (Lipinski definition) is 0. The Morgan fingerprint density at radius 3 is 2.00 bits per heavy atom. The van der Waals surface area contributed by atoms with E-state index >= 15 is 0 Å². The van der Waals surface area contributed by atoms with E-state index in [4.69, 9.17) is 8.83 Å². The van der Waals surface area contributed by atoms with Gasteiger partial charge in [-0.25, -0.2) is 4.98 Å². The number of furan rings is 1. The quantitative estimate of drug-likeness (QED) is 0.218. The normalized spacial score (nSPS) is 12.2. The van der Waals surface area contributed by atoms with E-state index in [2.05, 4.69) is 101 Å². The van der Waals surface area contributed by atoms with Gasteiger partial charge >= 0.3 is 0 Å². The van der Waals surface area contributed by atoms with Crippen LogP contribution in [0.1, 0.15) is 11.3 Å². The fourth-order valence-corrected chi connectivity index (χ4v) is 6.48. The highest BCUT2D eigenvalue weighted by Gasteiger charge is 2.17. The summed E-state index contributed by atoms with van der Waals surface area (Å²) in [5.41, 5.74) is 6.51. The van der Waals surface area contributed by atoms with Crippen LogP contribution in [-0.2, 0) is 0 Å². The summed E-state index contributed by atoms with van der Waals surface area (Å²) in [5, 5.41) is 8.43. The van der Waals surface area contributed by atoms with Crippen molar-refractivity contribution in [1.29, 1.82) is 0 Å². The molecule has 0 saturated heterocycles. The van der Waals surface area contributed by atoms with Gasteiger partial charge in [0, 0.05) is 33.5 Å². The molecule has 0 N–H and O–H groups in total. The van der Waals surface area contributed by atoms with E-state index in [0.717, 1.165) is 50.0 Å². The number of oxazole rings is 1. The molecule has 9 aromatic rings. The number of benzene rings is 6. The van der Waals surface area contributed by atoms with Gasteiger partial charge in [0.25, 0.3) is 0 Å². The first-order chi connectivity index (χ1) is 21.3. The van der Waals surface area contributed by atoms with Gasteiger partial charge in [-0.15, -0.1) is 0 Å². The van der Waals surface area contributed by atoms with Crippen molar-refractivity contribution >= 4 is 83.8 Å². The standard InChI is InChI=1S/C39H24N2O2/c1-2-27-30-23-26(39-40-31-13-7-8-14-36(31)43-39)17-20-34(30)42-35(27)21-22-41-32-18-15-24-9-3-5-11-28(24)37(32)38-29-12-6-4-10-25(29)16-19-33(38)41/h2-23H,1H2/b22-21+. The predicted octanol–water partition coefficient (Wildman–Crippen LogP) is 10.9. The number of aromatic nitrogens is 2. The van der Waals surface area contributed by atoms with Crippen molar-refractivity contribution in [3.8, 4) is 11.5 Å². The molecule has 0 radical (unpaired) electrons. The Kier molecular flexibility index (Phi) is 5.02. The zero-order valence-electron chi connectivity index (χ0n) is 23.1. The molecule has 0 aliphatic heterocycles. The molecule has 0 unspecified atom stereocenters. The summed E-state index contributed by atoms with van der Waals surface area (Å²) in [5.74, 6) is 1.33. The molecule has 202 valence electrons. The van der Waals surface area contributed by atoms with Gasteiger partial charge in [0.2, 0.25) is 5.89 Å². The Balaban J connectivity index is 1.24. The summed E-state index contributed by atoms with van der Waals surface area (Å²) in [6.45, 7) is 4.12. The van der Waals surface area contributed by atoms with Crippen LogP contribution in [0.15, 0.2) is 131 Å². The van der Waals surface area contributed by atoms with Crippen molar-refractivity contribution in [3.63, 3.8) is 0 Å². The smallest absolute Gasteiger partial charge is 0.227 e. The summed E-state index contributed by atoms with van der Waals surface area (Å²) < 4.78 is 14.7. The molecule has 3 heterocycles.